The van der Waals surface area contributed by atoms with Gasteiger partial charge in [0.25, 0.3) is 0 Å². The summed E-state index contributed by atoms with van der Waals surface area (Å²) in [6.45, 7) is 7.76. The second-order valence-corrected chi connectivity index (χ2v) is 4.90. The van der Waals surface area contributed by atoms with E-state index in [1.54, 1.807) is 0 Å². The van der Waals surface area contributed by atoms with Gasteiger partial charge in [0.1, 0.15) is 12.1 Å². The second-order valence-electron chi connectivity index (χ2n) is 4.90. The van der Waals surface area contributed by atoms with Crippen molar-refractivity contribution in [1.29, 1.82) is 0 Å². The van der Waals surface area contributed by atoms with E-state index in [9.17, 15) is 0 Å². The Balaban J connectivity index is 2.04. The van der Waals surface area contributed by atoms with Crippen LogP contribution in [-0.2, 0) is 4.74 Å². The lowest BCUT2D eigenvalue weighted by molar-refractivity contribution is 0.105. The SMILES string of the molecule is CCCOc1cc(NC2(C)CCOC2C)ncn1. The summed E-state index contributed by atoms with van der Waals surface area (Å²) in [5, 5.41) is 3.43. The van der Waals surface area contributed by atoms with Crippen molar-refractivity contribution >= 4 is 5.82 Å². The summed E-state index contributed by atoms with van der Waals surface area (Å²) in [7, 11) is 0. The van der Waals surface area contributed by atoms with Crippen molar-refractivity contribution in [2.24, 2.45) is 0 Å². The quantitative estimate of drug-likeness (QED) is 0.869. The summed E-state index contributed by atoms with van der Waals surface area (Å²) in [6, 6.07) is 1.84. The number of hydrogen-bond donors (Lipinski definition) is 1. The number of rotatable bonds is 5. The fourth-order valence-electron chi connectivity index (χ4n) is 1.99. The van der Waals surface area contributed by atoms with Crippen molar-refractivity contribution in [1.82, 2.24) is 9.97 Å². The normalized spacial score (nSPS) is 27.2. The first-order valence-corrected chi connectivity index (χ1v) is 6.48. The highest BCUT2D eigenvalue weighted by molar-refractivity contribution is 5.40. The zero-order valence-electron chi connectivity index (χ0n) is 11.3. The third-order valence-corrected chi connectivity index (χ3v) is 3.40. The van der Waals surface area contributed by atoms with Gasteiger partial charge in [-0.2, -0.15) is 0 Å². The van der Waals surface area contributed by atoms with Gasteiger partial charge in [0.05, 0.1) is 18.2 Å². The van der Waals surface area contributed by atoms with E-state index in [0.717, 1.165) is 25.3 Å². The van der Waals surface area contributed by atoms with Crippen LogP contribution in [0.1, 0.15) is 33.6 Å². The number of nitrogens with zero attached hydrogens (tertiary/aromatic N) is 2. The zero-order chi connectivity index (χ0) is 13.0. The van der Waals surface area contributed by atoms with E-state index < -0.39 is 0 Å². The van der Waals surface area contributed by atoms with Gasteiger partial charge in [-0.15, -0.1) is 0 Å². The van der Waals surface area contributed by atoms with Crippen LogP contribution in [0.2, 0.25) is 0 Å². The van der Waals surface area contributed by atoms with Crippen LogP contribution >= 0.6 is 0 Å². The van der Waals surface area contributed by atoms with Gasteiger partial charge in [-0.1, -0.05) is 6.92 Å². The molecule has 1 aromatic rings. The van der Waals surface area contributed by atoms with Crippen molar-refractivity contribution in [3.8, 4) is 5.88 Å². The molecule has 0 radical (unpaired) electrons. The molecule has 0 amide bonds. The van der Waals surface area contributed by atoms with Crippen LogP contribution in [0.4, 0.5) is 5.82 Å². The molecule has 1 fully saturated rings. The first-order valence-electron chi connectivity index (χ1n) is 6.48. The maximum Gasteiger partial charge on any atom is 0.218 e. The van der Waals surface area contributed by atoms with E-state index in [1.165, 1.54) is 6.33 Å². The Morgan fingerprint density at radius 1 is 1.56 bits per heavy atom. The molecule has 0 spiro atoms. The molecule has 0 aromatic carbocycles. The summed E-state index contributed by atoms with van der Waals surface area (Å²) in [4.78, 5) is 8.32. The molecule has 1 aliphatic heterocycles. The minimum Gasteiger partial charge on any atom is -0.478 e. The largest absolute Gasteiger partial charge is 0.478 e. The second kappa shape index (κ2) is 5.52. The number of nitrogens with one attached hydrogen (secondary N) is 1. The summed E-state index contributed by atoms with van der Waals surface area (Å²) in [6.07, 6.45) is 3.64. The lowest BCUT2D eigenvalue weighted by atomic mass is 9.95. The minimum absolute atomic E-state index is 0.0730. The topological polar surface area (TPSA) is 56.3 Å². The Hall–Kier alpha value is -1.36. The van der Waals surface area contributed by atoms with E-state index in [0.29, 0.717) is 12.5 Å². The molecular weight excluding hydrogens is 230 g/mol. The van der Waals surface area contributed by atoms with Crippen LogP contribution in [0.3, 0.4) is 0 Å². The summed E-state index contributed by atoms with van der Waals surface area (Å²) >= 11 is 0. The molecule has 1 N–H and O–H groups in total. The molecular formula is C13H21N3O2. The fraction of sp³-hybridized carbons (Fsp3) is 0.692. The molecule has 0 aliphatic carbocycles. The van der Waals surface area contributed by atoms with Gasteiger partial charge in [0.15, 0.2) is 0 Å². The smallest absolute Gasteiger partial charge is 0.218 e. The maximum atomic E-state index is 5.60. The molecule has 2 heterocycles. The summed E-state index contributed by atoms with van der Waals surface area (Å²) in [5.41, 5.74) is -0.0730. The summed E-state index contributed by atoms with van der Waals surface area (Å²) in [5.74, 6) is 1.40. The molecule has 1 saturated heterocycles. The monoisotopic (exact) mass is 251 g/mol. The highest BCUT2D eigenvalue weighted by atomic mass is 16.5. The Kier molecular flexibility index (Phi) is 4.01. The molecule has 0 bridgehead atoms. The molecule has 18 heavy (non-hydrogen) atoms. The highest BCUT2D eigenvalue weighted by Gasteiger charge is 2.37. The molecule has 5 nitrogen and oxygen atoms in total. The Morgan fingerprint density at radius 3 is 3.06 bits per heavy atom. The fourth-order valence-corrected chi connectivity index (χ4v) is 1.99. The molecule has 2 rings (SSSR count). The minimum atomic E-state index is -0.0730. The first-order chi connectivity index (χ1) is 8.64. The Morgan fingerprint density at radius 2 is 2.39 bits per heavy atom. The van der Waals surface area contributed by atoms with Crippen LogP contribution in [0.15, 0.2) is 12.4 Å². The molecule has 2 unspecified atom stereocenters. The zero-order valence-corrected chi connectivity index (χ0v) is 11.3. The molecule has 2 atom stereocenters. The molecule has 100 valence electrons. The molecule has 1 aliphatic rings. The van der Waals surface area contributed by atoms with Gasteiger partial charge in [-0.25, -0.2) is 9.97 Å². The average molecular weight is 251 g/mol. The number of ether oxygens (including phenoxy) is 2. The molecule has 5 heteroatoms. The lowest BCUT2D eigenvalue weighted by Crippen LogP contribution is -2.41. The van der Waals surface area contributed by atoms with Crippen molar-refractivity contribution in [2.45, 2.75) is 45.3 Å². The molecule has 1 aromatic heterocycles. The van der Waals surface area contributed by atoms with Gasteiger partial charge in [-0.05, 0) is 26.7 Å². The van der Waals surface area contributed by atoms with Gasteiger partial charge in [-0.3, -0.25) is 0 Å². The van der Waals surface area contributed by atoms with Crippen LogP contribution in [0.5, 0.6) is 5.88 Å². The predicted octanol–water partition coefficient (Wildman–Crippen LogP) is 2.24. The van der Waals surface area contributed by atoms with Crippen LogP contribution < -0.4 is 10.1 Å². The van der Waals surface area contributed by atoms with E-state index >= 15 is 0 Å². The van der Waals surface area contributed by atoms with Crippen molar-refractivity contribution in [3.63, 3.8) is 0 Å². The third-order valence-electron chi connectivity index (χ3n) is 3.40. The Labute approximate surface area is 108 Å². The van der Waals surface area contributed by atoms with E-state index in [4.69, 9.17) is 9.47 Å². The Bertz CT molecular complexity index is 400. The number of anilines is 1. The van der Waals surface area contributed by atoms with E-state index in [-0.39, 0.29) is 11.6 Å². The summed E-state index contributed by atoms with van der Waals surface area (Å²) < 4.78 is 11.1. The van der Waals surface area contributed by atoms with Crippen LogP contribution in [-0.4, -0.2) is 34.8 Å². The maximum absolute atomic E-state index is 5.60. The lowest BCUT2D eigenvalue weighted by Gasteiger charge is -2.29. The predicted molar refractivity (Wildman–Crippen MR) is 69.9 cm³/mol. The number of hydrogen-bond acceptors (Lipinski definition) is 5. The van der Waals surface area contributed by atoms with Gasteiger partial charge in [0, 0.05) is 12.7 Å². The van der Waals surface area contributed by atoms with E-state index in [2.05, 4.69) is 36.1 Å². The highest BCUT2D eigenvalue weighted by Crippen LogP contribution is 2.29. The van der Waals surface area contributed by atoms with Crippen molar-refractivity contribution in [2.75, 3.05) is 18.5 Å². The van der Waals surface area contributed by atoms with Crippen LogP contribution in [0.25, 0.3) is 0 Å². The third kappa shape index (κ3) is 2.90. The molecule has 0 saturated carbocycles. The standard InChI is InChI=1S/C13H21N3O2/c1-4-6-18-12-8-11(14-9-15-12)16-13(3)5-7-17-10(13)2/h8-10H,4-7H2,1-3H3,(H,14,15,16). The van der Waals surface area contributed by atoms with Gasteiger partial charge < -0.3 is 14.8 Å². The van der Waals surface area contributed by atoms with Crippen molar-refractivity contribution < 1.29 is 9.47 Å². The van der Waals surface area contributed by atoms with Crippen LogP contribution in [0, 0.1) is 0 Å². The van der Waals surface area contributed by atoms with Gasteiger partial charge >= 0.3 is 0 Å². The van der Waals surface area contributed by atoms with Gasteiger partial charge in [0.2, 0.25) is 5.88 Å². The number of aromatic nitrogens is 2. The average Bonchev–Trinajstić information content (AvgIpc) is 2.67. The van der Waals surface area contributed by atoms with Crippen molar-refractivity contribution in [3.05, 3.63) is 12.4 Å². The first kappa shape index (κ1) is 13.1. The van der Waals surface area contributed by atoms with E-state index in [1.807, 2.05) is 6.07 Å².